The number of rotatable bonds is 0. The SMILES string of the molecule is ClC12C3[C@@H]4[C@@H]5C6C7C8[C@@H]9[C@@H]6[C@@H]4C1[C@@H]9[C@@H]1C2[C@H]2[C@@H](C7[C@@H]5[C@@H]32)[C@H]81. The lowest BCUT2D eigenvalue weighted by Gasteiger charge is -2.34. The first kappa shape index (κ1) is 8.95. The van der Waals surface area contributed by atoms with Crippen LogP contribution in [0.15, 0.2) is 0 Å². The van der Waals surface area contributed by atoms with E-state index in [4.69, 9.17) is 11.6 Å². The van der Waals surface area contributed by atoms with Crippen molar-refractivity contribution in [3.63, 3.8) is 0 Å². The number of halogens is 1. The zero-order valence-corrected chi connectivity index (χ0v) is 12.6. The third-order valence-corrected chi connectivity index (χ3v) is 14.1. The van der Waals surface area contributed by atoms with Gasteiger partial charge in [0.25, 0.3) is 0 Å². The van der Waals surface area contributed by atoms with Crippen LogP contribution in [0.2, 0.25) is 0 Å². The molecule has 12 aliphatic rings. The van der Waals surface area contributed by atoms with Gasteiger partial charge in [0.05, 0.1) is 4.87 Å². The predicted octanol–water partition coefficient (Wildman–Crippen LogP) is 2.82. The molecule has 0 aliphatic heterocycles. The molecule has 12 fully saturated rings. The molecule has 0 N–H and O–H groups in total. The van der Waals surface area contributed by atoms with Crippen molar-refractivity contribution in [1.29, 1.82) is 0 Å². The van der Waals surface area contributed by atoms with Crippen LogP contribution < -0.4 is 0 Å². The first-order chi connectivity index (χ1) is 10.4. The molecule has 0 saturated heterocycles. The fraction of sp³-hybridized carbons (Fsp3) is 1.00. The second kappa shape index (κ2) is 1.88. The van der Waals surface area contributed by atoms with Gasteiger partial charge in [-0.2, -0.15) is 0 Å². The smallest absolute Gasteiger partial charge is 0.0548 e. The number of hydrogen-bond acceptors (Lipinski definition) is 0. The molecule has 0 heterocycles. The van der Waals surface area contributed by atoms with Gasteiger partial charge in [0.1, 0.15) is 0 Å². The highest BCUT2D eigenvalue weighted by Crippen LogP contribution is 3.03. The van der Waals surface area contributed by atoms with Crippen molar-refractivity contribution in [3.8, 4) is 0 Å². The fourth-order valence-corrected chi connectivity index (χ4v) is 16.2. The van der Waals surface area contributed by atoms with E-state index >= 15 is 0 Å². The summed E-state index contributed by atoms with van der Waals surface area (Å²) in [7, 11) is 0. The van der Waals surface area contributed by atoms with Gasteiger partial charge in [-0.05, 0) is 112 Å². The van der Waals surface area contributed by atoms with Crippen molar-refractivity contribution in [2.24, 2.45) is 112 Å². The Balaban J connectivity index is 1.49. The molecule has 8 unspecified atom stereocenters. The van der Waals surface area contributed by atoms with E-state index in [0.29, 0.717) is 4.87 Å². The summed E-state index contributed by atoms with van der Waals surface area (Å²) in [5.74, 6) is 22.6. The maximum atomic E-state index is 7.75. The van der Waals surface area contributed by atoms with Crippen LogP contribution in [-0.4, -0.2) is 4.87 Å². The molecule has 0 spiro atoms. The summed E-state index contributed by atoms with van der Waals surface area (Å²) >= 11 is 7.75. The van der Waals surface area contributed by atoms with Crippen LogP contribution >= 0.6 is 11.6 Å². The van der Waals surface area contributed by atoms with Gasteiger partial charge in [-0.15, -0.1) is 11.6 Å². The topological polar surface area (TPSA) is 0 Å². The van der Waals surface area contributed by atoms with Gasteiger partial charge < -0.3 is 0 Å². The maximum Gasteiger partial charge on any atom is 0.0548 e. The van der Waals surface area contributed by atoms with Crippen LogP contribution in [0, 0.1) is 112 Å². The zero-order chi connectivity index (χ0) is 12.5. The van der Waals surface area contributed by atoms with Gasteiger partial charge in [0, 0.05) is 0 Å². The van der Waals surface area contributed by atoms with Gasteiger partial charge in [-0.1, -0.05) is 0 Å². The molecule has 0 aromatic rings. The second-order valence-electron chi connectivity index (χ2n) is 11.6. The summed E-state index contributed by atoms with van der Waals surface area (Å²) in [6, 6.07) is 0. The van der Waals surface area contributed by atoms with Gasteiger partial charge in [0.15, 0.2) is 0 Å². The molecule has 12 saturated carbocycles. The standard InChI is InChI=1S/C20H19Cl/c21-20-17-11-5-2-1-3-7(5)13(17)15-9(3)10-4(1)8-6(2)12(11)18(20)14(8)16(10)19(15)20/h1-19H/t1?,2?,3?,4?,5-,6-,7-,8+,9+,10+,11-,12+,13+,14+,15-,16-,17?,18?,19?,20?/m0/s1. The van der Waals surface area contributed by atoms with Crippen LogP contribution in [0.25, 0.3) is 0 Å². The Bertz CT molecular complexity index is 611. The van der Waals surface area contributed by atoms with Crippen LogP contribution in [0.1, 0.15) is 0 Å². The van der Waals surface area contributed by atoms with Crippen molar-refractivity contribution in [3.05, 3.63) is 0 Å². The van der Waals surface area contributed by atoms with Crippen molar-refractivity contribution < 1.29 is 0 Å². The molecule has 1 heteroatoms. The monoisotopic (exact) mass is 294 g/mol. The molecule has 0 bridgehead atoms. The minimum atomic E-state index is 0.373. The van der Waals surface area contributed by atoms with Gasteiger partial charge in [-0.25, -0.2) is 0 Å². The Morgan fingerprint density at radius 2 is 0.524 bits per heavy atom. The summed E-state index contributed by atoms with van der Waals surface area (Å²) in [6.07, 6.45) is 0. The largest absolute Gasteiger partial charge is 0.118 e. The van der Waals surface area contributed by atoms with Crippen LogP contribution in [-0.2, 0) is 0 Å². The normalized spacial score (nSPS) is 107. The predicted molar refractivity (Wildman–Crippen MR) is 74.9 cm³/mol. The molecule has 0 aromatic carbocycles. The van der Waals surface area contributed by atoms with Crippen LogP contribution in [0.3, 0.4) is 0 Å². The Morgan fingerprint density at radius 1 is 0.333 bits per heavy atom. The van der Waals surface area contributed by atoms with Gasteiger partial charge >= 0.3 is 0 Å². The highest BCUT2D eigenvalue weighted by atomic mass is 35.5. The van der Waals surface area contributed by atoms with Crippen molar-refractivity contribution in [1.82, 2.24) is 0 Å². The van der Waals surface area contributed by atoms with Crippen molar-refractivity contribution in [2.45, 2.75) is 4.87 Å². The highest BCUT2D eigenvalue weighted by molar-refractivity contribution is 6.25. The minimum Gasteiger partial charge on any atom is -0.118 e. The van der Waals surface area contributed by atoms with Gasteiger partial charge in [-0.3, -0.25) is 0 Å². The molecular weight excluding hydrogens is 276 g/mol. The van der Waals surface area contributed by atoms with Crippen molar-refractivity contribution >= 4 is 11.6 Å². The van der Waals surface area contributed by atoms with E-state index in [1.807, 2.05) is 0 Å². The van der Waals surface area contributed by atoms with E-state index < -0.39 is 0 Å². The molecule has 21 heavy (non-hydrogen) atoms. The van der Waals surface area contributed by atoms with Gasteiger partial charge in [0.2, 0.25) is 0 Å². The molecule has 0 radical (unpaired) electrons. The average Bonchev–Trinajstić information content (AvgIpc) is 3.10. The lowest BCUT2D eigenvalue weighted by atomic mass is 9.77. The molecule has 0 amide bonds. The molecule has 12 rings (SSSR count). The molecular formula is C20H19Cl. The molecule has 106 valence electrons. The van der Waals surface area contributed by atoms with Crippen molar-refractivity contribution in [2.75, 3.05) is 0 Å². The minimum absolute atomic E-state index is 0.373. The second-order valence-corrected chi connectivity index (χ2v) is 12.3. The van der Waals surface area contributed by atoms with E-state index in [1.54, 1.807) is 0 Å². The first-order valence-corrected chi connectivity index (χ1v) is 10.4. The van der Waals surface area contributed by atoms with E-state index in [1.165, 1.54) is 94.7 Å². The highest BCUT2D eigenvalue weighted by Gasteiger charge is 3.01. The maximum absolute atomic E-state index is 7.75. The molecule has 12 aliphatic carbocycles. The Morgan fingerprint density at radius 3 is 0.762 bits per heavy atom. The third kappa shape index (κ3) is 0.426. The van der Waals surface area contributed by atoms with E-state index in [9.17, 15) is 0 Å². The van der Waals surface area contributed by atoms with E-state index in [-0.39, 0.29) is 0 Å². The Kier molecular flexibility index (Phi) is 0.803. The molecule has 0 aromatic heterocycles. The third-order valence-electron chi connectivity index (χ3n) is 13.4. The fourth-order valence-electron chi connectivity index (χ4n) is 15.3. The summed E-state index contributed by atoms with van der Waals surface area (Å²) in [4.78, 5) is 0.373. The first-order valence-electron chi connectivity index (χ1n) is 10.1. The lowest BCUT2D eigenvalue weighted by molar-refractivity contribution is 0.198. The Hall–Kier alpha value is 0.290. The zero-order valence-electron chi connectivity index (χ0n) is 11.8. The summed E-state index contributed by atoms with van der Waals surface area (Å²) in [5.41, 5.74) is 0. The molecule has 0 nitrogen and oxygen atoms in total. The summed E-state index contributed by atoms with van der Waals surface area (Å²) in [6.45, 7) is 0. The summed E-state index contributed by atoms with van der Waals surface area (Å²) < 4.78 is 0. The lowest BCUT2D eigenvalue weighted by Crippen LogP contribution is -2.37. The van der Waals surface area contributed by atoms with Crippen LogP contribution in [0.5, 0.6) is 0 Å². The summed E-state index contributed by atoms with van der Waals surface area (Å²) in [5, 5.41) is 0. The number of hydrogen-bond donors (Lipinski definition) is 0. The van der Waals surface area contributed by atoms with E-state index in [2.05, 4.69) is 0 Å². The molecule has 20 atom stereocenters. The number of alkyl halides is 1. The Labute approximate surface area is 129 Å². The average molecular weight is 295 g/mol. The van der Waals surface area contributed by atoms with Crippen LogP contribution in [0.4, 0.5) is 0 Å². The van der Waals surface area contributed by atoms with E-state index in [0.717, 1.165) is 17.8 Å². The quantitative estimate of drug-likeness (QED) is 0.603.